The van der Waals surface area contributed by atoms with Gasteiger partial charge >= 0.3 is 0 Å². The van der Waals surface area contributed by atoms with Crippen LogP contribution in [0.3, 0.4) is 0 Å². The average Bonchev–Trinajstić information content (AvgIpc) is 2.71. The number of nitrogens with zero attached hydrogens (tertiary/aromatic N) is 3. The number of aromatic nitrogens is 3. The van der Waals surface area contributed by atoms with E-state index >= 15 is 0 Å². The molecule has 0 aliphatic rings. The van der Waals surface area contributed by atoms with Crippen molar-refractivity contribution in [2.75, 3.05) is 6.54 Å². The second-order valence-electron chi connectivity index (χ2n) is 6.63. The van der Waals surface area contributed by atoms with Crippen LogP contribution < -0.4 is 10.3 Å². The standard InChI is InChI=1S/C20H24N4O3S/c1-2-3-4-5-8-15-21-28(26,27)17-13-11-16(12-14-17)24-20(25)18-9-6-7-10-19(18)22-23-24/h6-7,9-14,21H,2-5,8,15H2,1H3. The quantitative estimate of drug-likeness (QED) is 0.557. The molecule has 0 aliphatic carbocycles. The van der Waals surface area contributed by atoms with Gasteiger partial charge in [0.05, 0.1) is 16.0 Å². The Morgan fingerprint density at radius 3 is 2.43 bits per heavy atom. The van der Waals surface area contributed by atoms with E-state index in [0.717, 1.165) is 25.7 Å². The maximum atomic E-state index is 12.6. The molecule has 0 spiro atoms. The fourth-order valence-electron chi connectivity index (χ4n) is 2.94. The molecule has 2 aromatic carbocycles. The summed E-state index contributed by atoms with van der Waals surface area (Å²) in [5, 5.41) is 8.44. The summed E-state index contributed by atoms with van der Waals surface area (Å²) in [5.74, 6) is 0. The van der Waals surface area contributed by atoms with Crippen molar-refractivity contribution < 1.29 is 8.42 Å². The van der Waals surface area contributed by atoms with Crippen LogP contribution in [0.4, 0.5) is 0 Å². The molecule has 3 aromatic rings. The number of hydrogen-bond acceptors (Lipinski definition) is 5. The third kappa shape index (κ3) is 4.63. The van der Waals surface area contributed by atoms with E-state index in [1.165, 1.54) is 23.2 Å². The van der Waals surface area contributed by atoms with E-state index in [9.17, 15) is 13.2 Å². The Labute approximate surface area is 164 Å². The van der Waals surface area contributed by atoms with Crippen LogP contribution in [0.5, 0.6) is 0 Å². The zero-order valence-corrected chi connectivity index (χ0v) is 16.7. The number of sulfonamides is 1. The first-order valence-corrected chi connectivity index (χ1v) is 11.0. The van der Waals surface area contributed by atoms with Crippen molar-refractivity contribution in [3.63, 3.8) is 0 Å². The van der Waals surface area contributed by atoms with E-state index in [4.69, 9.17) is 0 Å². The van der Waals surface area contributed by atoms with Gasteiger partial charge < -0.3 is 0 Å². The molecule has 0 radical (unpaired) electrons. The predicted octanol–water partition coefficient (Wildman–Crippen LogP) is 3.03. The lowest BCUT2D eigenvalue weighted by Crippen LogP contribution is -2.25. The molecule has 0 amide bonds. The van der Waals surface area contributed by atoms with Crippen LogP contribution in [0.2, 0.25) is 0 Å². The number of fused-ring (bicyclic) bond motifs is 1. The lowest BCUT2D eigenvalue weighted by molar-refractivity contribution is 0.571. The normalized spacial score (nSPS) is 11.8. The van der Waals surface area contributed by atoms with Gasteiger partial charge in [-0.25, -0.2) is 13.1 Å². The maximum absolute atomic E-state index is 12.6. The van der Waals surface area contributed by atoms with Crippen LogP contribution in [0.1, 0.15) is 39.0 Å². The van der Waals surface area contributed by atoms with Crippen LogP contribution in [0.25, 0.3) is 16.6 Å². The molecule has 1 aromatic heterocycles. The highest BCUT2D eigenvalue weighted by atomic mass is 32.2. The number of benzene rings is 2. The molecular weight excluding hydrogens is 376 g/mol. The summed E-state index contributed by atoms with van der Waals surface area (Å²) in [7, 11) is -3.57. The van der Waals surface area contributed by atoms with E-state index in [1.54, 1.807) is 36.4 Å². The molecular formula is C20H24N4O3S. The highest BCUT2D eigenvalue weighted by Gasteiger charge is 2.14. The summed E-state index contributed by atoms with van der Waals surface area (Å²) in [6.45, 7) is 2.56. The van der Waals surface area contributed by atoms with Gasteiger partial charge in [-0.15, -0.1) is 5.10 Å². The van der Waals surface area contributed by atoms with Crippen molar-refractivity contribution in [1.82, 2.24) is 19.7 Å². The first-order chi connectivity index (χ1) is 13.5. The molecule has 28 heavy (non-hydrogen) atoms. The number of unbranched alkanes of at least 4 members (excludes halogenated alkanes) is 4. The van der Waals surface area contributed by atoms with Crippen molar-refractivity contribution in [3.05, 3.63) is 58.9 Å². The summed E-state index contributed by atoms with van der Waals surface area (Å²) >= 11 is 0. The Balaban J connectivity index is 1.73. The molecule has 0 aliphatic heterocycles. The Bertz CT molecular complexity index is 1090. The molecule has 0 bridgehead atoms. The van der Waals surface area contributed by atoms with E-state index in [1.807, 2.05) is 0 Å². The Kier molecular flexibility index (Phi) is 6.53. The number of nitrogens with one attached hydrogen (secondary N) is 1. The monoisotopic (exact) mass is 400 g/mol. The van der Waals surface area contributed by atoms with Crippen molar-refractivity contribution >= 4 is 20.9 Å². The lowest BCUT2D eigenvalue weighted by Gasteiger charge is -2.08. The predicted molar refractivity (Wildman–Crippen MR) is 109 cm³/mol. The van der Waals surface area contributed by atoms with Crippen molar-refractivity contribution in [2.45, 2.75) is 43.9 Å². The second kappa shape index (κ2) is 9.07. The summed E-state index contributed by atoms with van der Waals surface area (Å²) < 4.78 is 28.6. The summed E-state index contributed by atoms with van der Waals surface area (Å²) in [5.41, 5.74) is 0.680. The van der Waals surface area contributed by atoms with Gasteiger partial charge in [-0.05, 0) is 42.8 Å². The van der Waals surface area contributed by atoms with Gasteiger partial charge in [0.1, 0.15) is 5.52 Å². The molecule has 0 saturated heterocycles. The zero-order valence-electron chi connectivity index (χ0n) is 15.8. The zero-order chi connectivity index (χ0) is 20.0. The van der Waals surface area contributed by atoms with Gasteiger partial charge in [0, 0.05) is 6.54 Å². The van der Waals surface area contributed by atoms with Crippen LogP contribution in [0.15, 0.2) is 58.2 Å². The van der Waals surface area contributed by atoms with E-state index < -0.39 is 10.0 Å². The molecule has 0 unspecified atom stereocenters. The molecule has 0 saturated carbocycles. The van der Waals surface area contributed by atoms with Crippen LogP contribution >= 0.6 is 0 Å². The Morgan fingerprint density at radius 2 is 1.68 bits per heavy atom. The highest BCUT2D eigenvalue weighted by Crippen LogP contribution is 2.13. The second-order valence-corrected chi connectivity index (χ2v) is 8.40. The summed E-state index contributed by atoms with van der Waals surface area (Å²) in [6.07, 6.45) is 5.28. The van der Waals surface area contributed by atoms with Crippen molar-refractivity contribution in [3.8, 4) is 5.69 Å². The van der Waals surface area contributed by atoms with Crippen molar-refractivity contribution in [1.29, 1.82) is 0 Å². The number of rotatable bonds is 9. The Morgan fingerprint density at radius 1 is 0.964 bits per heavy atom. The smallest absolute Gasteiger partial charge is 0.267 e. The molecule has 8 heteroatoms. The van der Waals surface area contributed by atoms with E-state index in [2.05, 4.69) is 22.0 Å². The molecule has 1 N–H and O–H groups in total. The largest absolute Gasteiger partial charge is 0.282 e. The minimum atomic E-state index is -3.57. The van der Waals surface area contributed by atoms with Crippen molar-refractivity contribution in [2.24, 2.45) is 0 Å². The molecule has 148 valence electrons. The fraction of sp³-hybridized carbons (Fsp3) is 0.350. The number of hydrogen-bond donors (Lipinski definition) is 1. The minimum absolute atomic E-state index is 0.159. The summed E-state index contributed by atoms with van der Waals surface area (Å²) in [6, 6.07) is 13.0. The SMILES string of the molecule is CCCCCCCNS(=O)(=O)c1ccc(-n2nnc3ccccc3c2=O)cc1. The first-order valence-electron chi connectivity index (χ1n) is 9.48. The van der Waals surface area contributed by atoms with E-state index in [0.29, 0.717) is 23.1 Å². The molecule has 7 nitrogen and oxygen atoms in total. The van der Waals surface area contributed by atoms with E-state index in [-0.39, 0.29) is 10.5 Å². The van der Waals surface area contributed by atoms with Gasteiger partial charge in [0.15, 0.2) is 0 Å². The van der Waals surface area contributed by atoms with Crippen LogP contribution in [-0.2, 0) is 10.0 Å². The maximum Gasteiger partial charge on any atom is 0.282 e. The molecule has 0 fully saturated rings. The van der Waals surface area contributed by atoms with Crippen LogP contribution in [-0.4, -0.2) is 30.0 Å². The van der Waals surface area contributed by atoms with Gasteiger partial charge in [0.2, 0.25) is 10.0 Å². The lowest BCUT2D eigenvalue weighted by atomic mass is 10.2. The summed E-state index contributed by atoms with van der Waals surface area (Å²) in [4.78, 5) is 12.7. The molecule has 1 heterocycles. The third-order valence-electron chi connectivity index (χ3n) is 4.53. The van der Waals surface area contributed by atoms with Gasteiger partial charge in [-0.1, -0.05) is 50.0 Å². The average molecular weight is 401 g/mol. The molecule has 3 rings (SSSR count). The fourth-order valence-corrected chi connectivity index (χ4v) is 4.02. The first kappa shape index (κ1) is 20.2. The minimum Gasteiger partial charge on any atom is -0.267 e. The Hall–Kier alpha value is -2.58. The molecule has 0 atom stereocenters. The van der Waals surface area contributed by atoms with Gasteiger partial charge in [-0.3, -0.25) is 4.79 Å². The third-order valence-corrected chi connectivity index (χ3v) is 6.01. The van der Waals surface area contributed by atoms with Gasteiger partial charge in [-0.2, -0.15) is 4.68 Å². The topological polar surface area (TPSA) is 93.9 Å². The van der Waals surface area contributed by atoms with Gasteiger partial charge in [0.25, 0.3) is 5.56 Å². The highest BCUT2D eigenvalue weighted by molar-refractivity contribution is 7.89. The van der Waals surface area contributed by atoms with Crippen LogP contribution in [0, 0.1) is 0 Å².